The summed E-state index contributed by atoms with van der Waals surface area (Å²) >= 11 is 8.88. The van der Waals surface area contributed by atoms with E-state index in [9.17, 15) is 4.79 Å². The average Bonchev–Trinajstić information content (AvgIpc) is 2.55. The molecule has 24 heavy (non-hydrogen) atoms. The van der Waals surface area contributed by atoms with Crippen LogP contribution in [0.3, 0.4) is 0 Å². The highest BCUT2D eigenvalue weighted by Crippen LogP contribution is 2.31. The molecule has 0 amide bonds. The molecular weight excluding hydrogens is 392 g/mol. The van der Waals surface area contributed by atoms with E-state index in [1.165, 1.54) is 0 Å². The summed E-state index contributed by atoms with van der Waals surface area (Å²) in [7, 11) is 1.57. The first kappa shape index (κ1) is 18.9. The topological polar surface area (TPSA) is 50.8 Å². The second-order valence-electron chi connectivity index (χ2n) is 5.31. The number of carbonyl (C=O) groups excluding carboxylic acids is 1. The van der Waals surface area contributed by atoms with Crippen LogP contribution in [-0.4, -0.2) is 42.8 Å². The molecule has 0 radical (unpaired) electrons. The van der Waals surface area contributed by atoms with Crippen molar-refractivity contribution in [2.75, 3.05) is 26.9 Å². The number of nitrogens with one attached hydrogen (secondary N) is 1. The number of allylic oxidation sites excluding steroid dienone is 1. The Labute approximate surface area is 156 Å². The van der Waals surface area contributed by atoms with Gasteiger partial charge in [-0.05, 0) is 43.8 Å². The Balaban J connectivity index is 2.39. The quantitative estimate of drug-likeness (QED) is 0.439. The van der Waals surface area contributed by atoms with Crippen molar-refractivity contribution >= 4 is 39.2 Å². The molecule has 0 bridgehead atoms. The third-order valence-corrected chi connectivity index (χ3v) is 4.72. The van der Waals surface area contributed by atoms with Crippen molar-refractivity contribution in [2.24, 2.45) is 0 Å². The normalized spacial score (nSPS) is 17.8. The number of nitrogens with zero attached hydrogens (tertiary/aromatic N) is 1. The number of hydrogen-bond acceptors (Lipinski definition) is 4. The van der Waals surface area contributed by atoms with Gasteiger partial charge in [0.05, 0.1) is 18.2 Å². The Kier molecular flexibility index (Phi) is 6.77. The van der Waals surface area contributed by atoms with E-state index in [0.717, 1.165) is 15.7 Å². The predicted molar refractivity (Wildman–Crippen MR) is 101 cm³/mol. The molecule has 130 valence electrons. The highest BCUT2D eigenvalue weighted by atomic mass is 79.9. The van der Waals surface area contributed by atoms with Crippen molar-refractivity contribution in [2.45, 2.75) is 19.9 Å². The number of methoxy groups -OCH3 is 1. The van der Waals surface area contributed by atoms with E-state index in [2.05, 4.69) is 21.2 Å². The lowest BCUT2D eigenvalue weighted by molar-refractivity contribution is -0.140. The number of halogens is 1. The van der Waals surface area contributed by atoms with Crippen LogP contribution in [-0.2, 0) is 14.3 Å². The molecule has 1 aromatic rings. The van der Waals surface area contributed by atoms with Gasteiger partial charge >= 0.3 is 5.97 Å². The Bertz CT molecular complexity index is 646. The lowest BCUT2D eigenvalue weighted by Crippen LogP contribution is -2.47. The van der Waals surface area contributed by atoms with Gasteiger partial charge in [0.1, 0.15) is 6.61 Å². The maximum Gasteiger partial charge on any atom is 0.338 e. The summed E-state index contributed by atoms with van der Waals surface area (Å²) in [6.07, 6.45) is 0. The van der Waals surface area contributed by atoms with Crippen molar-refractivity contribution in [3.63, 3.8) is 0 Å². The number of benzene rings is 1. The minimum absolute atomic E-state index is 0.218. The first-order valence-corrected chi connectivity index (χ1v) is 8.90. The number of esters is 1. The predicted octanol–water partition coefficient (Wildman–Crippen LogP) is 3.16. The van der Waals surface area contributed by atoms with E-state index in [4.69, 9.17) is 21.7 Å². The molecule has 0 saturated carbocycles. The van der Waals surface area contributed by atoms with E-state index < -0.39 is 0 Å². The number of carbonyl (C=O) groups is 1. The molecule has 0 spiro atoms. The van der Waals surface area contributed by atoms with Crippen molar-refractivity contribution in [3.8, 4) is 0 Å². The summed E-state index contributed by atoms with van der Waals surface area (Å²) < 4.78 is 11.3. The monoisotopic (exact) mass is 412 g/mol. The molecule has 1 aliphatic heterocycles. The van der Waals surface area contributed by atoms with Crippen LogP contribution < -0.4 is 5.32 Å². The van der Waals surface area contributed by atoms with Gasteiger partial charge in [0.15, 0.2) is 5.11 Å². The van der Waals surface area contributed by atoms with E-state index in [-0.39, 0.29) is 18.6 Å². The molecular formula is C17H21BrN2O3S. The van der Waals surface area contributed by atoms with Gasteiger partial charge in [-0.1, -0.05) is 28.1 Å². The summed E-state index contributed by atoms with van der Waals surface area (Å²) in [5.41, 5.74) is 2.34. The molecule has 1 heterocycles. The fourth-order valence-electron chi connectivity index (χ4n) is 2.63. The van der Waals surface area contributed by atoms with E-state index in [1.54, 1.807) is 7.11 Å². The lowest BCUT2D eigenvalue weighted by Gasteiger charge is -2.37. The number of thiocarbonyl (C=S) groups is 1. The van der Waals surface area contributed by atoms with E-state index >= 15 is 0 Å². The van der Waals surface area contributed by atoms with Crippen molar-refractivity contribution in [3.05, 3.63) is 45.6 Å². The Morgan fingerprint density at radius 2 is 2.00 bits per heavy atom. The Hall–Kier alpha value is -1.44. The Morgan fingerprint density at radius 1 is 1.33 bits per heavy atom. The third-order valence-electron chi connectivity index (χ3n) is 3.86. The molecule has 5 nitrogen and oxygen atoms in total. The first-order chi connectivity index (χ1) is 11.5. The summed E-state index contributed by atoms with van der Waals surface area (Å²) in [4.78, 5) is 14.5. The van der Waals surface area contributed by atoms with Crippen LogP contribution in [0.4, 0.5) is 0 Å². The van der Waals surface area contributed by atoms with Gasteiger partial charge in [-0.2, -0.15) is 0 Å². The molecule has 2 rings (SSSR count). The van der Waals surface area contributed by atoms with Crippen LogP contribution in [0.5, 0.6) is 0 Å². The second kappa shape index (κ2) is 8.60. The Morgan fingerprint density at radius 3 is 2.58 bits per heavy atom. The van der Waals surface area contributed by atoms with Crippen LogP contribution in [0.1, 0.15) is 25.5 Å². The molecule has 7 heteroatoms. The SMILES string of the molecule is CCN1C(=S)N[C@@H](c2ccc(Br)cc2)C(C(=O)OCCOC)=C1C. The van der Waals surface area contributed by atoms with Gasteiger partial charge < -0.3 is 19.7 Å². The summed E-state index contributed by atoms with van der Waals surface area (Å²) in [6, 6.07) is 7.47. The van der Waals surface area contributed by atoms with Gasteiger partial charge in [-0.25, -0.2) is 4.79 Å². The maximum absolute atomic E-state index is 12.6. The molecule has 1 aliphatic rings. The van der Waals surface area contributed by atoms with Crippen LogP contribution in [0.15, 0.2) is 40.0 Å². The zero-order chi connectivity index (χ0) is 17.7. The summed E-state index contributed by atoms with van der Waals surface area (Å²) in [5, 5.41) is 3.86. The number of hydrogen-bond donors (Lipinski definition) is 1. The van der Waals surface area contributed by atoms with Gasteiger partial charge in [-0.15, -0.1) is 0 Å². The van der Waals surface area contributed by atoms with Crippen LogP contribution >= 0.6 is 28.1 Å². The average molecular weight is 413 g/mol. The van der Waals surface area contributed by atoms with E-state index in [0.29, 0.717) is 23.8 Å². The highest BCUT2D eigenvalue weighted by Gasteiger charge is 2.34. The van der Waals surface area contributed by atoms with Crippen molar-refractivity contribution < 1.29 is 14.3 Å². The molecule has 0 aromatic heterocycles. The lowest BCUT2D eigenvalue weighted by atomic mass is 9.95. The number of rotatable bonds is 6. The zero-order valence-corrected chi connectivity index (χ0v) is 16.4. The molecule has 1 aromatic carbocycles. The summed E-state index contributed by atoms with van der Waals surface area (Å²) in [6.45, 7) is 5.15. The second-order valence-corrected chi connectivity index (χ2v) is 6.61. The molecule has 0 unspecified atom stereocenters. The van der Waals surface area contributed by atoms with Crippen LogP contribution in [0, 0.1) is 0 Å². The van der Waals surface area contributed by atoms with Crippen LogP contribution in [0.2, 0.25) is 0 Å². The highest BCUT2D eigenvalue weighted by molar-refractivity contribution is 9.10. The largest absolute Gasteiger partial charge is 0.460 e. The fraction of sp³-hybridized carbons (Fsp3) is 0.412. The van der Waals surface area contributed by atoms with Gasteiger partial charge in [-0.3, -0.25) is 0 Å². The first-order valence-electron chi connectivity index (χ1n) is 7.69. The standard InChI is InChI=1S/C17H21BrN2O3S/c1-4-20-11(2)14(16(21)23-10-9-22-3)15(19-17(20)24)12-5-7-13(18)8-6-12/h5-8,15H,4,9-10H2,1-3H3,(H,19,24)/t15-/m0/s1. The third kappa shape index (κ3) is 4.15. The number of ether oxygens (including phenoxy) is 2. The van der Waals surface area contributed by atoms with Crippen LogP contribution in [0.25, 0.3) is 0 Å². The minimum Gasteiger partial charge on any atom is -0.460 e. The smallest absolute Gasteiger partial charge is 0.338 e. The minimum atomic E-state index is -0.356. The van der Waals surface area contributed by atoms with Gasteiger partial charge in [0.2, 0.25) is 0 Å². The van der Waals surface area contributed by atoms with Crippen molar-refractivity contribution in [1.29, 1.82) is 0 Å². The maximum atomic E-state index is 12.6. The zero-order valence-electron chi connectivity index (χ0n) is 14.0. The van der Waals surface area contributed by atoms with E-state index in [1.807, 2.05) is 43.0 Å². The fourth-order valence-corrected chi connectivity index (χ4v) is 3.28. The van der Waals surface area contributed by atoms with Gasteiger partial charge in [0, 0.05) is 23.8 Å². The van der Waals surface area contributed by atoms with Gasteiger partial charge in [0.25, 0.3) is 0 Å². The molecule has 0 fully saturated rings. The summed E-state index contributed by atoms with van der Waals surface area (Å²) in [5.74, 6) is -0.356. The molecule has 0 aliphatic carbocycles. The van der Waals surface area contributed by atoms with Crippen molar-refractivity contribution in [1.82, 2.24) is 10.2 Å². The molecule has 0 saturated heterocycles. The molecule has 1 atom stereocenters. The molecule has 1 N–H and O–H groups in total.